The third kappa shape index (κ3) is 3.08. The Balaban J connectivity index is 2.12. The quantitative estimate of drug-likeness (QED) is 0.594. The standard InChI is InChI=1S/C14H12N2O/c1-11-5-6-12(10-16-11)14(17)8-7-13-4-2-3-9-15-13/h2-10H,1H3/b8-7+. The average molecular weight is 224 g/mol. The maximum Gasteiger partial charge on any atom is 0.187 e. The van der Waals surface area contributed by atoms with E-state index in [1.54, 1.807) is 24.5 Å². The van der Waals surface area contributed by atoms with Gasteiger partial charge in [-0.3, -0.25) is 14.8 Å². The number of aromatic nitrogens is 2. The van der Waals surface area contributed by atoms with Gasteiger partial charge < -0.3 is 0 Å². The van der Waals surface area contributed by atoms with E-state index in [0.29, 0.717) is 5.56 Å². The molecule has 2 heterocycles. The van der Waals surface area contributed by atoms with Gasteiger partial charge in [0.25, 0.3) is 0 Å². The molecule has 17 heavy (non-hydrogen) atoms. The number of carbonyl (C=O) groups excluding carboxylic acids is 1. The van der Waals surface area contributed by atoms with Crippen LogP contribution >= 0.6 is 0 Å². The van der Waals surface area contributed by atoms with Crippen LogP contribution in [-0.2, 0) is 0 Å². The van der Waals surface area contributed by atoms with Gasteiger partial charge in [-0.25, -0.2) is 0 Å². The lowest BCUT2D eigenvalue weighted by molar-refractivity contribution is 0.104. The van der Waals surface area contributed by atoms with Crippen molar-refractivity contribution in [1.29, 1.82) is 0 Å². The first-order valence-electron chi connectivity index (χ1n) is 5.32. The number of carbonyl (C=O) groups is 1. The Morgan fingerprint density at radius 2 is 2.06 bits per heavy atom. The number of rotatable bonds is 3. The van der Waals surface area contributed by atoms with Crippen LogP contribution in [0.4, 0.5) is 0 Å². The van der Waals surface area contributed by atoms with E-state index in [9.17, 15) is 4.79 Å². The van der Waals surface area contributed by atoms with E-state index in [1.165, 1.54) is 6.08 Å². The predicted molar refractivity (Wildman–Crippen MR) is 66.6 cm³/mol. The summed E-state index contributed by atoms with van der Waals surface area (Å²) < 4.78 is 0. The summed E-state index contributed by atoms with van der Waals surface area (Å²) >= 11 is 0. The summed E-state index contributed by atoms with van der Waals surface area (Å²) in [5.74, 6) is -0.0665. The molecule has 0 unspecified atom stereocenters. The van der Waals surface area contributed by atoms with Crippen LogP contribution in [-0.4, -0.2) is 15.8 Å². The van der Waals surface area contributed by atoms with Crippen LogP contribution in [0.15, 0.2) is 48.8 Å². The summed E-state index contributed by atoms with van der Waals surface area (Å²) in [7, 11) is 0. The molecule has 3 heteroatoms. The smallest absolute Gasteiger partial charge is 0.187 e. The van der Waals surface area contributed by atoms with E-state index in [0.717, 1.165) is 11.4 Å². The van der Waals surface area contributed by atoms with Gasteiger partial charge in [0.05, 0.1) is 5.69 Å². The Morgan fingerprint density at radius 3 is 2.71 bits per heavy atom. The number of aryl methyl sites for hydroxylation is 1. The zero-order chi connectivity index (χ0) is 12.1. The van der Waals surface area contributed by atoms with E-state index < -0.39 is 0 Å². The second-order valence-electron chi connectivity index (χ2n) is 3.64. The molecule has 84 valence electrons. The molecule has 0 atom stereocenters. The summed E-state index contributed by atoms with van der Waals surface area (Å²) in [6.07, 6.45) is 6.48. The van der Waals surface area contributed by atoms with E-state index in [1.807, 2.05) is 31.2 Å². The Bertz CT molecular complexity index is 530. The van der Waals surface area contributed by atoms with Crippen molar-refractivity contribution in [2.24, 2.45) is 0 Å². The largest absolute Gasteiger partial charge is 0.289 e. The van der Waals surface area contributed by atoms with E-state index in [2.05, 4.69) is 9.97 Å². The summed E-state index contributed by atoms with van der Waals surface area (Å²) in [6, 6.07) is 9.15. The molecule has 0 aromatic carbocycles. The van der Waals surface area contributed by atoms with E-state index in [-0.39, 0.29) is 5.78 Å². The molecule has 0 saturated heterocycles. The lowest BCUT2D eigenvalue weighted by Gasteiger charge is -1.96. The van der Waals surface area contributed by atoms with Crippen molar-refractivity contribution in [3.8, 4) is 0 Å². The molecule has 2 aromatic rings. The number of hydrogen-bond donors (Lipinski definition) is 0. The normalized spacial score (nSPS) is 10.6. The Morgan fingerprint density at radius 1 is 1.18 bits per heavy atom. The molecule has 0 aliphatic carbocycles. The Labute approximate surface area is 99.9 Å². The lowest BCUT2D eigenvalue weighted by Crippen LogP contribution is -1.95. The molecule has 3 nitrogen and oxygen atoms in total. The third-order valence-corrected chi connectivity index (χ3v) is 2.29. The topological polar surface area (TPSA) is 42.9 Å². The molecule has 0 aliphatic rings. The molecular weight excluding hydrogens is 212 g/mol. The van der Waals surface area contributed by atoms with E-state index >= 15 is 0 Å². The minimum absolute atomic E-state index is 0.0665. The maximum atomic E-state index is 11.8. The lowest BCUT2D eigenvalue weighted by atomic mass is 10.1. The first-order chi connectivity index (χ1) is 8.25. The van der Waals surface area contributed by atoms with Crippen molar-refractivity contribution >= 4 is 11.9 Å². The second kappa shape index (κ2) is 5.16. The van der Waals surface area contributed by atoms with Gasteiger partial charge in [0.1, 0.15) is 0 Å². The van der Waals surface area contributed by atoms with Crippen LogP contribution in [0, 0.1) is 6.92 Å². The fourth-order valence-electron chi connectivity index (χ4n) is 1.35. The van der Waals surface area contributed by atoms with Gasteiger partial charge in [0.15, 0.2) is 5.78 Å². The molecule has 0 N–H and O–H groups in total. The number of ketones is 1. The molecule has 0 aliphatic heterocycles. The minimum Gasteiger partial charge on any atom is -0.289 e. The van der Waals surface area contributed by atoms with Gasteiger partial charge in [0.2, 0.25) is 0 Å². The third-order valence-electron chi connectivity index (χ3n) is 2.29. The maximum absolute atomic E-state index is 11.8. The zero-order valence-corrected chi connectivity index (χ0v) is 9.50. The monoisotopic (exact) mass is 224 g/mol. The highest BCUT2D eigenvalue weighted by atomic mass is 16.1. The van der Waals surface area contributed by atoms with Crippen LogP contribution in [0.2, 0.25) is 0 Å². The summed E-state index contributed by atoms with van der Waals surface area (Å²) in [4.78, 5) is 20.0. The molecule has 2 rings (SSSR count). The van der Waals surface area contributed by atoms with Gasteiger partial charge in [-0.1, -0.05) is 6.07 Å². The summed E-state index contributed by atoms with van der Waals surface area (Å²) in [6.45, 7) is 1.89. The van der Waals surface area contributed by atoms with Crippen molar-refractivity contribution in [2.75, 3.05) is 0 Å². The molecular formula is C14H12N2O. The fourth-order valence-corrected chi connectivity index (χ4v) is 1.35. The first-order valence-corrected chi connectivity index (χ1v) is 5.32. The van der Waals surface area contributed by atoms with Crippen LogP contribution in [0.25, 0.3) is 6.08 Å². The molecule has 0 fully saturated rings. The Hall–Kier alpha value is -2.29. The van der Waals surface area contributed by atoms with Crippen molar-refractivity contribution in [2.45, 2.75) is 6.92 Å². The molecule has 0 bridgehead atoms. The van der Waals surface area contributed by atoms with Gasteiger partial charge in [-0.05, 0) is 43.3 Å². The Kier molecular flexibility index (Phi) is 3.40. The SMILES string of the molecule is Cc1ccc(C(=O)/C=C/c2ccccn2)cn1. The minimum atomic E-state index is -0.0665. The van der Waals surface area contributed by atoms with Crippen molar-refractivity contribution < 1.29 is 4.79 Å². The van der Waals surface area contributed by atoms with Crippen molar-refractivity contribution in [1.82, 2.24) is 9.97 Å². The van der Waals surface area contributed by atoms with E-state index in [4.69, 9.17) is 0 Å². The molecule has 0 spiro atoms. The molecule has 2 aromatic heterocycles. The van der Waals surface area contributed by atoms with Crippen LogP contribution in [0.5, 0.6) is 0 Å². The van der Waals surface area contributed by atoms with Gasteiger partial charge >= 0.3 is 0 Å². The van der Waals surface area contributed by atoms with Crippen LogP contribution in [0.1, 0.15) is 21.7 Å². The second-order valence-corrected chi connectivity index (χ2v) is 3.64. The van der Waals surface area contributed by atoms with Gasteiger partial charge in [-0.2, -0.15) is 0 Å². The average Bonchev–Trinajstić information content (AvgIpc) is 2.38. The fraction of sp³-hybridized carbons (Fsp3) is 0.0714. The van der Waals surface area contributed by atoms with Crippen molar-refractivity contribution in [3.63, 3.8) is 0 Å². The van der Waals surface area contributed by atoms with Gasteiger partial charge in [-0.15, -0.1) is 0 Å². The van der Waals surface area contributed by atoms with Gasteiger partial charge in [0, 0.05) is 23.7 Å². The molecule has 0 radical (unpaired) electrons. The predicted octanol–water partition coefficient (Wildman–Crippen LogP) is 2.68. The first kappa shape index (κ1) is 11.2. The number of pyridine rings is 2. The highest BCUT2D eigenvalue weighted by molar-refractivity contribution is 6.06. The summed E-state index contributed by atoms with van der Waals surface area (Å²) in [5, 5.41) is 0. The number of nitrogens with zero attached hydrogens (tertiary/aromatic N) is 2. The zero-order valence-electron chi connectivity index (χ0n) is 9.50. The number of allylic oxidation sites excluding steroid dienone is 1. The number of hydrogen-bond acceptors (Lipinski definition) is 3. The molecule has 0 saturated carbocycles. The van der Waals surface area contributed by atoms with Crippen LogP contribution in [0.3, 0.4) is 0 Å². The summed E-state index contributed by atoms with van der Waals surface area (Å²) in [5.41, 5.74) is 2.25. The highest BCUT2D eigenvalue weighted by Gasteiger charge is 2.01. The highest BCUT2D eigenvalue weighted by Crippen LogP contribution is 2.03. The van der Waals surface area contributed by atoms with Crippen molar-refractivity contribution in [3.05, 3.63) is 65.8 Å². The van der Waals surface area contributed by atoms with Crippen LogP contribution < -0.4 is 0 Å². The molecule has 0 amide bonds.